The number of halogens is 1. The Hall–Kier alpha value is -4.23. The maximum absolute atomic E-state index is 12.8. The van der Waals surface area contributed by atoms with E-state index in [-0.39, 0.29) is 16.3 Å². The zero-order valence-electron chi connectivity index (χ0n) is 16.4. The van der Waals surface area contributed by atoms with Crippen molar-refractivity contribution >= 4 is 50.8 Å². The number of anilines is 1. The van der Waals surface area contributed by atoms with Gasteiger partial charge < -0.3 is 9.73 Å². The predicted molar refractivity (Wildman–Crippen MR) is 123 cm³/mol. The van der Waals surface area contributed by atoms with Gasteiger partial charge in [-0.05, 0) is 35.7 Å². The number of amides is 1. The lowest BCUT2D eigenvalue weighted by atomic mass is 10.1. The van der Waals surface area contributed by atoms with Crippen LogP contribution in [0.4, 0.5) is 11.4 Å². The summed E-state index contributed by atoms with van der Waals surface area (Å²) in [5.41, 5.74) is 2.19. The van der Waals surface area contributed by atoms with Gasteiger partial charge in [0, 0.05) is 17.0 Å². The van der Waals surface area contributed by atoms with E-state index in [1.165, 1.54) is 12.1 Å². The zero-order chi connectivity index (χ0) is 22.2. The van der Waals surface area contributed by atoms with Crippen molar-refractivity contribution in [2.75, 3.05) is 5.32 Å². The van der Waals surface area contributed by atoms with E-state index in [1.807, 2.05) is 42.5 Å². The van der Waals surface area contributed by atoms with Gasteiger partial charge in [-0.1, -0.05) is 54.1 Å². The van der Waals surface area contributed by atoms with Gasteiger partial charge in [0.15, 0.2) is 5.58 Å². The topological polar surface area (TPSA) is 98.3 Å². The average Bonchev–Trinajstić information content (AvgIpc) is 3.24. The highest BCUT2D eigenvalue weighted by atomic mass is 35.5. The molecule has 1 N–H and O–H groups in total. The number of oxazole rings is 1. The number of carbonyl (C=O) groups excluding carboxylic acids is 1. The van der Waals surface area contributed by atoms with Crippen molar-refractivity contribution in [1.82, 2.24) is 4.98 Å². The molecule has 0 spiro atoms. The Balaban J connectivity index is 1.54. The first-order valence-corrected chi connectivity index (χ1v) is 10.0. The minimum absolute atomic E-state index is 0.0364. The molecule has 0 saturated heterocycles. The highest BCUT2D eigenvalue weighted by Gasteiger charge is 2.19. The van der Waals surface area contributed by atoms with Gasteiger partial charge in [-0.2, -0.15) is 0 Å². The zero-order valence-corrected chi connectivity index (χ0v) is 17.2. The molecule has 0 radical (unpaired) electrons. The van der Waals surface area contributed by atoms with Crippen molar-refractivity contribution < 1.29 is 14.1 Å². The fraction of sp³-hybridized carbons (Fsp3) is 0. The summed E-state index contributed by atoms with van der Waals surface area (Å²) in [5, 5.41) is 15.9. The van der Waals surface area contributed by atoms with Crippen LogP contribution in [0.15, 0.2) is 83.3 Å². The number of rotatable bonds is 4. The van der Waals surface area contributed by atoms with Crippen molar-refractivity contribution in [3.63, 3.8) is 0 Å². The van der Waals surface area contributed by atoms with Gasteiger partial charge in [-0.3, -0.25) is 14.9 Å². The molecule has 156 valence electrons. The first-order chi connectivity index (χ1) is 15.5. The lowest BCUT2D eigenvalue weighted by Crippen LogP contribution is -2.13. The predicted octanol–water partition coefficient (Wildman–Crippen LogP) is 6.46. The number of nitro groups is 1. The quantitative estimate of drug-likeness (QED) is 0.254. The summed E-state index contributed by atoms with van der Waals surface area (Å²) < 4.78 is 5.99. The van der Waals surface area contributed by atoms with Gasteiger partial charge in [0.2, 0.25) is 5.89 Å². The molecule has 1 amide bonds. The first-order valence-electron chi connectivity index (χ1n) is 9.64. The van der Waals surface area contributed by atoms with E-state index in [4.69, 9.17) is 16.0 Å². The van der Waals surface area contributed by atoms with Crippen molar-refractivity contribution in [3.8, 4) is 11.5 Å². The number of nitrogens with one attached hydrogen (secondary N) is 1. The smallest absolute Gasteiger partial charge is 0.288 e. The van der Waals surface area contributed by atoms with Crippen LogP contribution in [0.25, 0.3) is 33.3 Å². The second-order valence-corrected chi connectivity index (χ2v) is 7.48. The van der Waals surface area contributed by atoms with Crippen molar-refractivity contribution in [2.45, 2.75) is 0 Å². The number of hydrogen-bond acceptors (Lipinski definition) is 5. The highest BCUT2D eigenvalue weighted by molar-refractivity contribution is 6.32. The number of carbonyl (C=O) groups is 1. The number of fused-ring (bicyclic) bond motifs is 3. The molecule has 0 bridgehead atoms. The van der Waals surface area contributed by atoms with Crippen LogP contribution in [0.1, 0.15) is 10.4 Å². The summed E-state index contributed by atoms with van der Waals surface area (Å²) in [7, 11) is 0. The fourth-order valence-corrected chi connectivity index (χ4v) is 3.73. The van der Waals surface area contributed by atoms with E-state index in [0.717, 1.165) is 22.4 Å². The van der Waals surface area contributed by atoms with Crippen molar-refractivity contribution in [3.05, 3.63) is 99.6 Å². The molecule has 0 aliphatic carbocycles. The minimum Gasteiger partial charge on any atom is -0.436 e. The average molecular weight is 444 g/mol. The molecule has 0 saturated carbocycles. The highest BCUT2D eigenvalue weighted by Crippen LogP contribution is 2.33. The van der Waals surface area contributed by atoms with Crippen LogP contribution >= 0.6 is 11.6 Å². The molecule has 1 aromatic heterocycles. The Morgan fingerprint density at radius 2 is 1.78 bits per heavy atom. The van der Waals surface area contributed by atoms with Gasteiger partial charge >= 0.3 is 0 Å². The summed E-state index contributed by atoms with van der Waals surface area (Å²) in [6.45, 7) is 0. The molecule has 7 nitrogen and oxygen atoms in total. The van der Waals surface area contributed by atoms with Crippen LogP contribution in [0.3, 0.4) is 0 Å². The monoisotopic (exact) mass is 443 g/mol. The summed E-state index contributed by atoms with van der Waals surface area (Å²) >= 11 is 5.85. The Morgan fingerprint density at radius 1 is 1.00 bits per heavy atom. The molecule has 0 fully saturated rings. The van der Waals surface area contributed by atoms with Crippen molar-refractivity contribution in [1.29, 1.82) is 0 Å². The maximum Gasteiger partial charge on any atom is 0.288 e. The summed E-state index contributed by atoms with van der Waals surface area (Å²) in [6, 6.07) is 22.7. The fourth-order valence-electron chi connectivity index (χ4n) is 3.54. The number of para-hydroxylation sites is 1. The number of benzene rings is 4. The van der Waals surface area contributed by atoms with Crippen LogP contribution in [0.2, 0.25) is 5.02 Å². The molecule has 0 unspecified atom stereocenters. The van der Waals surface area contributed by atoms with Crippen LogP contribution in [0.5, 0.6) is 0 Å². The van der Waals surface area contributed by atoms with Crippen LogP contribution in [-0.4, -0.2) is 15.8 Å². The number of hydrogen-bond donors (Lipinski definition) is 1. The molecule has 5 aromatic rings. The lowest BCUT2D eigenvalue weighted by molar-refractivity contribution is -0.384. The van der Waals surface area contributed by atoms with Crippen LogP contribution in [0, 0.1) is 10.1 Å². The van der Waals surface area contributed by atoms with E-state index < -0.39 is 10.8 Å². The molecule has 0 aliphatic heterocycles. The van der Waals surface area contributed by atoms with E-state index in [1.54, 1.807) is 18.2 Å². The molecular formula is C24H14ClN3O4. The van der Waals surface area contributed by atoms with Crippen molar-refractivity contribution in [2.24, 2.45) is 0 Å². The van der Waals surface area contributed by atoms with Gasteiger partial charge in [-0.25, -0.2) is 4.98 Å². The van der Waals surface area contributed by atoms with Gasteiger partial charge in [-0.15, -0.1) is 0 Å². The molecule has 0 aliphatic rings. The van der Waals surface area contributed by atoms with Gasteiger partial charge in [0.1, 0.15) is 10.5 Å². The molecule has 4 aromatic carbocycles. The lowest BCUT2D eigenvalue weighted by Gasteiger charge is -2.09. The van der Waals surface area contributed by atoms with Gasteiger partial charge in [0.05, 0.1) is 16.2 Å². The maximum atomic E-state index is 12.8. The first kappa shape index (κ1) is 19.7. The van der Waals surface area contributed by atoms with E-state index in [9.17, 15) is 14.9 Å². The molecule has 5 rings (SSSR count). The molecule has 0 atom stereocenters. The normalized spacial score (nSPS) is 11.0. The third-order valence-electron chi connectivity index (χ3n) is 5.09. The molecule has 32 heavy (non-hydrogen) atoms. The second-order valence-electron chi connectivity index (χ2n) is 7.08. The van der Waals surface area contributed by atoms with E-state index >= 15 is 0 Å². The molecular weight excluding hydrogens is 430 g/mol. The van der Waals surface area contributed by atoms with E-state index in [2.05, 4.69) is 10.3 Å². The molecule has 8 heteroatoms. The third kappa shape index (κ3) is 3.44. The Morgan fingerprint density at radius 3 is 2.62 bits per heavy atom. The second kappa shape index (κ2) is 7.79. The molecule has 1 heterocycles. The SMILES string of the molecule is O=C(Nc1ccccc1-c1nc2c(ccc3ccccc32)o1)c1ccc(Cl)c([N+](=O)[O-])c1. The number of nitrogens with zero attached hydrogens (tertiary/aromatic N) is 2. The third-order valence-corrected chi connectivity index (χ3v) is 5.41. The Bertz CT molecular complexity index is 1530. The van der Waals surface area contributed by atoms with Crippen LogP contribution < -0.4 is 5.32 Å². The minimum atomic E-state index is -0.629. The Kier molecular flexibility index (Phi) is 4.80. The number of nitro benzene ring substituents is 1. The summed E-state index contributed by atoms with van der Waals surface area (Å²) in [5.74, 6) is -0.159. The number of aromatic nitrogens is 1. The Labute approximate surface area is 186 Å². The van der Waals surface area contributed by atoms with E-state index in [0.29, 0.717) is 22.7 Å². The summed E-state index contributed by atoms with van der Waals surface area (Å²) in [4.78, 5) is 28.0. The van der Waals surface area contributed by atoms with Gasteiger partial charge in [0.25, 0.3) is 11.6 Å². The summed E-state index contributed by atoms with van der Waals surface area (Å²) in [6.07, 6.45) is 0. The standard InChI is InChI=1S/C24H14ClN3O4/c25-18-11-9-15(13-20(18)28(30)31)23(29)26-19-8-4-3-7-17(19)24-27-22-16-6-2-1-5-14(16)10-12-21(22)32-24/h1-13H,(H,26,29). The largest absolute Gasteiger partial charge is 0.436 e. The van der Waals surface area contributed by atoms with Crippen LogP contribution in [-0.2, 0) is 0 Å².